The zero-order chi connectivity index (χ0) is 15.0. The largest absolute Gasteiger partial charge is 0.409 e. The fraction of sp³-hybridized carbons (Fsp3) is 0.462. The zero-order valence-corrected chi connectivity index (χ0v) is 12.1. The molecule has 0 spiro atoms. The van der Waals surface area contributed by atoms with E-state index in [1.807, 2.05) is 4.90 Å². The lowest BCUT2D eigenvalue weighted by Crippen LogP contribution is -2.30. The number of nitrogens with two attached hydrogens (primary N) is 1. The summed E-state index contributed by atoms with van der Waals surface area (Å²) >= 11 is 5.65. The van der Waals surface area contributed by atoms with Crippen LogP contribution < -0.4 is 5.73 Å². The van der Waals surface area contributed by atoms with Gasteiger partial charge < -0.3 is 15.7 Å². The van der Waals surface area contributed by atoms with Gasteiger partial charge in [-0.3, -0.25) is 4.90 Å². The summed E-state index contributed by atoms with van der Waals surface area (Å²) in [7, 11) is 1.61. The van der Waals surface area contributed by atoms with Crippen LogP contribution in [0.1, 0.15) is 12.0 Å². The first-order chi connectivity index (χ1) is 9.56. The van der Waals surface area contributed by atoms with E-state index in [4.69, 9.17) is 27.3 Å². The zero-order valence-electron chi connectivity index (χ0n) is 11.4. The van der Waals surface area contributed by atoms with Crippen LogP contribution in [0.15, 0.2) is 23.4 Å². The fourth-order valence-electron chi connectivity index (χ4n) is 1.71. The molecule has 7 heteroatoms. The molecule has 0 saturated heterocycles. The highest BCUT2D eigenvalue weighted by molar-refractivity contribution is 6.30. The number of rotatable bonds is 8. The number of hydrogen-bond acceptors (Lipinski definition) is 4. The van der Waals surface area contributed by atoms with Crippen molar-refractivity contribution in [3.63, 3.8) is 0 Å². The summed E-state index contributed by atoms with van der Waals surface area (Å²) in [5, 5.41) is 11.6. The normalized spacial score (nSPS) is 12.1. The average molecular weight is 304 g/mol. The molecule has 0 atom stereocenters. The predicted octanol–water partition coefficient (Wildman–Crippen LogP) is 2.06. The van der Waals surface area contributed by atoms with Crippen LogP contribution in [0.2, 0.25) is 5.02 Å². The number of halogens is 2. The first-order valence-corrected chi connectivity index (χ1v) is 6.56. The summed E-state index contributed by atoms with van der Waals surface area (Å²) < 4.78 is 18.4. The van der Waals surface area contributed by atoms with E-state index in [0.29, 0.717) is 32.7 Å². The Labute approximate surface area is 122 Å². The standard InChI is InChI=1S/C13H19ClFN3O2/c1-20-7-6-18(5-4-13(16)17-19)9-10-2-3-11(14)12(15)8-10/h2-3,8,19H,4-7,9H2,1H3,(H2,16,17). The molecule has 3 N–H and O–H groups in total. The monoisotopic (exact) mass is 303 g/mol. The molecule has 0 unspecified atom stereocenters. The summed E-state index contributed by atoms with van der Waals surface area (Å²) in [4.78, 5) is 2.03. The van der Waals surface area contributed by atoms with Gasteiger partial charge >= 0.3 is 0 Å². The van der Waals surface area contributed by atoms with E-state index in [1.54, 1.807) is 13.2 Å². The number of ether oxygens (including phenoxy) is 1. The minimum Gasteiger partial charge on any atom is -0.409 e. The van der Waals surface area contributed by atoms with Crippen molar-refractivity contribution in [2.45, 2.75) is 13.0 Å². The van der Waals surface area contributed by atoms with E-state index in [-0.39, 0.29) is 10.9 Å². The van der Waals surface area contributed by atoms with Crippen LogP contribution >= 0.6 is 11.6 Å². The molecule has 0 saturated carbocycles. The Hall–Kier alpha value is -1.37. The number of amidine groups is 1. The molecule has 0 amide bonds. The minimum absolute atomic E-state index is 0.105. The van der Waals surface area contributed by atoms with Crippen molar-refractivity contribution < 1.29 is 14.3 Å². The molecule has 0 aliphatic heterocycles. The number of nitrogens with zero attached hydrogens (tertiary/aromatic N) is 2. The van der Waals surface area contributed by atoms with Gasteiger partial charge in [0, 0.05) is 33.2 Å². The Balaban J connectivity index is 2.64. The highest BCUT2D eigenvalue weighted by atomic mass is 35.5. The third-order valence-corrected chi connectivity index (χ3v) is 3.12. The highest BCUT2D eigenvalue weighted by Gasteiger charge is 2.09. The summed E-state index contributed by atoms with van der Waals surface area (Å²) in [6, 6.07) is 4.71. The first kappa shape index (κ1) is 16.7. The van der Waals surface area contributed by atoms with Gasteiger partial charge in [-0.25, -0.2) is 4.39 Å². The smallest absolute Gasteiger partial charge is 0.142 e. The second kappa shape index (κ2) is 8.73. The van der Waals surface area contributed by atoms with Crippen LogP contribution in [-0.2, 0) is 11.3 Å². The van der Waals surface area contributed by atoms with Crippen molar-refractivity contribution in [1.29, 1.82) is 0 Å². The Bertz CT molecular complexity index is 457. The van der Waals surface area contributed by atoms with Gasteiger partial charge in [-0.15, -0.1) is 0 Å². The average Bonchev–Trinajstić information content (AvgIpc) is 2.45. The van der Waals surface area contributed by atoms with Gasteiger partial charge in [0.25, 0.3) is 0 Å². The lowest BCUT2D eigenvalue weighted by molar-refractivity contribution is 0.145. The number of oxime groups is 1. The van der Waals surface area contributed by atoms with Gasteiger partial charge in [0.2, 0.25) is 0 Å². The first-order valence-electron chi connectivity index (χ1n) is 6.18. The molecule has 0 heterocycles. The minimum atomic E-state index is -0.438. The molecule has 0 aliphatic rings. The summed E-state index contributed by atoms with van der Waals surface area (Å²) in [5.74, 6) is -0.276. The van der Waals surface area contributed by atoms with Gasteiger partial charge in [-0.2, -0.15) is 0 Å². The highest BCUT2D eigenvalue weighted by Crippen LogP contribution is 2.16. The molecule has 0 aromatic heterocycles. The van der Waals surface area contributed by atoms with E-state index in [2.05, 4.69) is 5.16 Å². The molecule has 20 heavy (non-hydrogen) atoms. The summed E-state index contributed by atoms with van der Waals surface area (Å²) in [5.41, 5.74) is 6.26. The second-order valence-electron chi connectivity index (χ2n) is 4.36. The van der Waals surface area contributed by atoms with E-state index < -0.39 is 5.82 Å². The van der Waals surface area contributed by atoms with E-state index in [9.17, 15) is 4.39 Å². The molecule has 1 aromatic rings. The summed E-state index contributed by atoms with van der Waals surface area (Å²) in [6.07, 6.45) is 0.427. The van der Waals surface area contributed by atoms with E-state index >= 15 is 0 Å². The molecule has 112 valence electrons. The lowest BCUT2D eigenvalue weighted by Gasteiger charge is -2.21. The van der Waals surface area contributed by atoms with Crippen LogP contribution in [0.5, 0.6) is 0 Å². The number of methoxy groups -OCH3 is 1. The van der Waals surface area contributed by atoms with Gasteiger partial charge in [-0.05, 0) is 17.7 Å². The van der Waals surface area contributed by atoms with Gasteiger partial charge in [-0.1, -0.05) is 22.8 Å². The topological polar surface area (TPSA) is 71.1 Å². The second-order valence-corrected chi connectivity index (χ2v) is 4.77. The fourth-order valence-corrected chi connectivity index (χ4v) is 1.83. The summed E-state index contributed by atoms with van der Waals surface area (Å²) in [6.45, 7) is 2.34. The third kappa shape index (κ3) is 5.73. The van der Waals surface area contributed by atoms with E-state index in [0.717, 1.165) is 5.56 Å². The molecule has 1 aromatic carbocycles. The van der Waals surface area contributed by atoms with Gasteiger partial charge in [0.1, 0.15) is 11.7 Å². The predicted molar refractivity (Wildman–Crippen MR) is 76.6 cm³/mol. The maximum Gasteiger partial charge on any atom is 0.142 e. The third-order valence-electron chi connectivity index (χ3n) is 2.81. The SMILES string of the molecule is COCCN(CC/C(N)=N/O)Cc1ccc(Cl)c(F)c1. The van der Waals surface area contributed by atoms with Crippen molar-refractivity contribution >= 4 is 17.4 Å². The molecular formula is C13H19ClFN3O2. The van der Waals surface area contributed by atoms with Crippen molar-refractivity contribution in [3.05, 3.63) is 34.6 Å². The van der Waals surface area contributed by atoms with Crippen molar-refractivity contribution in [2.24, 2.45) is 10.9 Å². The van der Waals surface area contributed by atoms with Crippen molar-refractivity contribution in [3.8, 4) is 0 Å². The molecule has 0 aliphatic carbocycles. The molecule has 0 fully saturated rings. The Morgan fingerprint density at radius 2 is 2.25 bits per heavy atom. The molecule has 1 rings (SSSR count). The van der Waals surface area contributed by atoms with Crippen molar-refractivity contribution in [2.75, 3.05) is 26.8 Å². The maximum absolute atomic E-state index is 13.4. The Morgan fingerprint density at radius 1 is 1.50 bits per heavy atom. The molecule has 0 radical (unpaired) electrons. The Morgan fingerprint density at radius 3 is 2.85 bits per heavy atom. The van der Waals surface area contributed by atoms with Crippen LogP contribution in [0, 0.1) is 5.82 Å². The van der Waals surface area contributed by atoms with Crippen molar-refractivity contribution in [1.82, 2.24) is 4.90 Å². The molecule has 0 bridgehead atoms. The number of hydrogen-bond donors (Lipinski definition) is 2. The van der Waals surface area contributed by atoms with Gasteiger partial charge in [0.15, 0.2) is 0 Å². The van der Waals surface area contributed by atoms with Crippen LogP contribution in [0.3, 0.4) is 0 Å². The molecular weight excluding hydrogens is 285 g/mol. The maximum atomic E-state index is 13.4. The lowest BCUT2D eigenvalue weighted by atomic mass is 10.2. The van der Waals surface area contributed by atoms with Gasteiger partial charge in [0.05, 0.1) is 11.6 Å². The Kier molecular flexibility index (Phi) is 7.28. The van der Waals surface area contributed by atoms with E-state index in [1.165, 1.54) is 12.1 Å². The van der Waals surface area contributed by atoms with Crippen LogP contribution in [0.25, 0.3) is 0 Å². The quantitative estimate of drug-likeness (QED) is 0.334. The van der Waals surface area contributed by atoms with Crippen LogP contribution in [0.4, 0.5) is 4.39 Å². The molecule has 5 nitrogen and oxygen atoms in total. The number of benzene rings is 1. The van der Waals surface area contributed by atoms with Crippen LogP contribution in [-0.4, -0.2) is 42.7 Å².